The molecule has 0 bridgehead atoms. The number of pyridine rings is 1. The third kappa shape index (κ3) is 3.93. The topological polar surface area (TPSA) is 22.1 Å². The molecular weight excluding hydrogens is 403 g/mol. The van der Waals surface area contributed by atoms with Crippen LogP contribution in [0.5, 0.6) is 5.75 Å². The fraction of sp³-hybridized carbons (Fsp3) is 0.105. The van der Waals surface area contributed by atoms with Crippen molar-refractivity contribution in [2.75, 3.05) is 0 Å². The maximum absolute atomic E-state index is 13.7. The number of hydrogen-bond acceptors (Lipinski definition) is 2. The van der Waals surface area contributed by atoms with Crippen molar-refractivity contribution in [3.8, 4) is 16.9 Å². The van der Waals surface area contributed by atoms with Gasteiger partial charge in [-0.15, -0.1) is 0 Å². The molecule has 134 valence electrons. The van der Waals surface area contributed by atoms with Crippen LogP contribution in [0.3, 0.4) is 0 Å². The second-order valence-electron chi connectivity index (χ2n) is 5.56. The lowest BCUT2D eigenvalue weighted by Gasteiger charge is -2.18. The number of hydrogen-bond donors (Lipinski definition) is 0. The van der Waals surface area contributed by atoms with Crippen molar-refractivity contribution >= 4 is 34.8 Å². The molecule has 3 aromatic rings. The lowest BCUT2D eigenvalue weighted by atomic mass is 10.1. The van der Waals surface area contributed by atoms with E-state index in [4.69, 9.17) is 39.5 Å². The van der Waals surface area contributed by atoms with Crippen LogP contribution in [-0.4, -0.2) is 4.98 Å². The highest BCUT2D eigenvalue weighted by Crippen LogP contribution is 2.35. The molecule has 1 unspecified atom stereocenters. The molecule has 0 aliphatic carbocycles. The summed E-state index contributed by atoms with van der Waals surface area (Å²) < 4.78 is 32.9. The molecule has 0 saturated carbocycles. The summed E-state index contributed by atoms with van der Waals surface area (Å²) in [5.41, 5.74) is 1.72. The van der Waals surface area contributed by atoms with Crippen molar-refractivity contribution in [3.05, 3.63) is 81.1 Å². The molecule has 0 amide bonds. The van der Waals surface area contributed by atoms with Crippen LogP contribution in [0, 0.1) is 11.6 Å². The molecule has 0 radical (unpaired) electrons. The molecule has 0 saturated heterocycles. The zero-order chi connectivity index (χ0) is 18.8. The molecule has 1 atom stereocenters. The van der Waals surface area contributed by atoms with E-state index in [1.54, 1.807) is 25.3 Å². The lowest BCUT2D eigenvalue weighted by molar-refractivity contribution is 0.226. The first kappa shape index (κ1) is 18.9. The smallest absolute Gasteiger partial charge is 0.142 e. The lowest BCUT2D eigenvalue weighted by Crippen LogP contribution is -2.06. The van der Waals surface area contributed by atoms with Gasteiger partial charge in [-0.1, -0.05) is 40.9 Å². The predicted molar refractivity (Wildman–Crippen MR) is 100 cm³/mol. The zero-order valence-corrected chi connectivity index (χ0v) is 15.7. The van der Waals surface area contributed by atoms with E-state index in [9.17, 15) is 8.78 Å². The highest BCUT2D eigenvalue weighted by molar-refractivity contribution is 6.36. The summed E-state index contributed by atoms with van der Waals surface area (Å²) in [5, 5.41) is 0.235. The maximum atomic E-state index is 13.7. The van der Waals surface area contributed by atoms with Crippen LogP contribution >= 0.6 is 34.8 Å². The summed E-state index contributed by atoms with van der Waals surface area (Å²) in [5.74, 6) is -0.652. The molecule has 26 heavy (non-hydrogen) atoms. The van der Waals surface area contributed by atoms with Crippen molar-refractivity contribution in [1.29, 1.82) is 0 Å². The SMILES string of the molecule is CC(Oc1cncc(-c2ccc(F)c(Cl)c2)c1)c1c(Cl)ccc(F)c1Cl. The van der Waals surface area contributed by atoms with Gasteiger partial charge in [0.1, 0.15) is 23.5 Å². The average molecular weight is 415 g/mol. The number of rotatable bonds is 4. The fourth-order valence-corrected chi connectivity index (χ4v) is 3.35. The number of nitrogens with zero attached hydrogens (tertiary/aromatic N) is 1. The predicted octanol–water partition coefficient (Wildman–Crippen LogP) is 7.13. The monoisotopic (exact) mass is 413 g/mol. The summed E-state index contributed by atoms with van der Waals surface area (Å²) in [4.78, 5) is 4.12. The Bertz CT molecular complexity index is 966. The van der Waals surface area contributed by atoms with Gasteiger partial charge in [0, 0.05) is 22.3 Å². The van der Waals surface area contributed by atoms with Crippen LogP contribution < -0.4 is 4.74 Å². The van der Waals surface area contributed by atoms with E-state index in [2.05, 4.69) is 4.98 Å². The average Bonchev–Trinajstić information content (AvgIpc) is 2.61. The second-order valence-corrected chi connectivity index (χ2v) is 6.75. The normalized spacial score (nSPS) is 12.1. The van der Waals surface area contributed by atoms with Crippen LogP contribution in [0.1, 0.15) is 18.6 Å². The van der Waals surface area contributed by atoms with E-state index in [1.165, 1.54) is 30.5 Å². The van der Waals surface area contributed by atoms with Gasteiger partial charge in [-0.3, -0.25) is 4.98 Å². The van der Waals surface area contributed by atoms with Crippen LogP contribution in [0.4, 0.5) is 8.78 Å². The zero-order valence-electron chi connectivity index (χ0n) is 13.4. The number of ether oxygens (including phenoxy) is 1. The highest BCUT2D eigenvalue weighted by Gasteiger charge is 2.19. The van der Waals surface area contributed by atoms with Crippen molar-refractivity contribution in [2.45, 2.75) is 13.0 Å². The molecule has 0 N–H and O–H groups in total. The van der Waals surface area contributed by atoms with Gasteiger partial charge in [-0.05, 0) is 42.8 Å². The number of aromatic nitrogens is 1. The van der Waals surface area contributed by atoms with Gasteiger partial charge in [0.2, 0.25) is 0 Å². The summed E-state index contributed by atoms with van der Waals surface area (Å²) >= 11 is 18.0. The minimum absolute atomic E-state index is 0.0144. The first-order valence-corrected chi connectivity index (χ1v) is 8.70. The molecule has 2 aromatic carbocycles. The summed E-state index contributed by atoms with van der Waals surface area (Å²) in [7, 11) is 0. The Morgan fingerprint density at radius 3 is 2.35 bits per heavy atom. The molecule has 0 spiro atoms. The molecule has 0 fully saturated rings. The Morgan fingerprint density at radius 1 is 0.885 bits per heavy atom. The molecular formula is C19H12Cl3F2NO. The largest absolute Gasteiger partial charge is 0.484 e. The van der Waals surface area contributed by atoms with Gasteiger partial charge in [-0.25, -0.2) is 8.78 Å². The number of halogens is 5. The third-order valence-electron chi connectivity index (χ3n) is 3.76. The van der Waals surface area contributed by atoms with E-state index in [-0.39, 0.29) is 10.0 Å². The molecule has 0 aliphatic heterocycles. The molecule has 2 nitrogen and oxygen atoms in total. The van der Waals surface area contributed by atoms with Gasteiger partial charge in [0.25, 0.3) is 0 Å². The second kappa shape index (κ2) is 7.78. The molecule has 1 aromatic heterocycles. The fourth-order valence-electron chi connectivity index (χ4n) is 2.50. The first-order chi connectivity index (χ1) is 12.4. The van der Waals surface area contributed by atoms with E-state index in [0.29, 0.717) is 27.5 Å². The van der Waals surface area contributed by atoms with E-state index >= 15 is 0 Å². The Balaban J connectivity index is 1.89. The minimum Gasteiger partial charge on any atom is -0.484 e. The van der Waals surface area contributed by atoms with E-state index in [1.807, 2.05) is 0 Å². The Morgan fingerprint density at radius 2 is 1.62 bits per heavy atom. The van der Waals surface area contributed by atoms with Crippen LogP contribution in [0.25, 0.3) is 11.1 Å². The standard InChI is InChI=1S/C19H12Cl3F2NO/c1-10(18-14(20)3-5-17(24)19(18)22)26-13-6-12(8-25-9-13)11-2-4-16(23)15(21)7-11/h2-10H,1H3. The number of benzene rings is 2. The summed E-state index contributed by atoms with van der Waals surface area (Å²) in [6.45, 7) is 1.70. The van der Waals surface area contributed by atoms with Gasteiger partial charge in [0.05, 0.1) is 16.2 Å². The Hall–Kier alpha value is -1.88. The van der Waals surface area contributed by atoms with Gasteiger partial charge < -0.3 is 4.74 Å². The van der Waals surface area contributed by atoms with Gasteiger partial charge in [-0.2, -0.15) is 0 Å². The van der Waals surface area contributed by atoms with Crippen LogP contribution in [0.2, 0.25) is 15.1 Å². The molecule has 7 heteroatoms. The Kier molecular flexibility index (Phi) is 5.66. The van der Waals surface area contributed by atoms with Crippen molar-refractivity contribution < 1.29 is 13.5 Å². The van der Waals surface area contributed by atoms with Crippen molar-refractivity contribution in [2.24, 2.45) is 0 Å². The minimum atomic E-state index is -0.612. The van der Waals surface area contributed by atoms with Crippen molar-refractivity contribution in [1.82, 2.24) is 4.98 Å². The molecule has 0 aliphatic rings. The summed E-state index contributed by atoms with van der Waals surface area (Å²) in [6.07, 6.45) is 2.50. The quantitative estimate of drug-likeness (QED) is 0.424. The van der Waals surface area contributed by atoms with Gasteiger partial charge in [0.15, 0.2) is 0 Å². The van der Waals surface area contributed by atoms with Gasteiger partial charge >= 0.3 is 0 Å². The Labute approximate surface area is 164 Å². The van der Waals surface area contributed by atoms with E-state index in [0.717, 1.165) is 0 Å². The first-order valence-electron chi connectivity index (χ1n) is 7.57. The molecule has 1 heterocycles. The molecule has 3 rings (SSSR count). The van der Waals surface area contributed by atoms with Crippen LogP contribution in [0.15, 0.2) is 48.8 Å². The van der Waals surface area contributed by atoms with Crippen molar-refractivity contribution in [3.63, 3.8) is 0 Å². The highest BCUT2D eigenvalue weighted by atomic mass is 35.5. The third-order valence-corrected chi connectivity index (χ3v) is 4.77. The van der Waals surface area contributed by atoms with Crippen LogP contribution in [-0.2, 0) is 0 Å². The van der Waals surface area contributed by atoms with E-state index < -0.39 is 17.7 Å². The maximum Gasteiger partial charge on any atom is 0.142 e. The summed E-state index contributed by atoms with van der Waals surface area (Å²) in [6, 6.07) is 8.70.